The molecule has 0 saturated heterocycles. The third-order valence-corrected chi connectivity index (χ3v) is 10.6. The van der Waals surface area contributed by atoms with Gasteiger partial charge in [-0.2, -0.15) is 0 Å². The van der Waals surface area contributed by atoms with E-state index >= 15 is 0 Å². The summed E-state index contributed by atoms with van der Waals surface area (Å²) in [5, 5.41) is 0. The van der Waals surface area contributed by atoms with Gasteiger partial charge in [-0.15, -0.1) is 0 Å². The van der Waals surface area contributed by atoms with Crippen LogP contribution in [-0.4, -0.2) is 4.57 Å². The number of hydrogen-bond acceptors (Lipinski definition) is 0. The normalized spacial score (nSPS) is 11.6. The van der Waals surface area contributed by atoms with E-state index in [2.05, 4.69) is 42.3 Å². The van der Waals surface area contributed by atoms with Crippen molar-refractivity contribution in [3.8, 4) is 0 Å². The minimum absolute atomic E-state index is 1.23. The van der Waals surface area contributed by atoms with Crippen LogP contribution < -0.4 is 4.57 Å². The highest BCUT2D eigenvalue weighted by Gasteiger charge is 2.16. The zero-order valence-electron chi connectivity index (χ0n) is 32.4. The fourth-order valence-electron chi connectivity index (χ4n) is 7.39. The molecule has 0 bridgehead atoms. The minimum Gasteiger partial charge on any atom is -0.234 e. The molecule has 272 valence electrons. The van der Waals surface area contributed by atoms with Gasteiger partial charge in [0.1, 0.15) is 12.4 Å². The summed E-state index contributed by atoms with van der Waals surface area (Å²) in [6, 6.07) is 0. The number of aromatic nitrogens is 2. The Kier molecular flexibility index (Phi) is 33.4. The fraction of sp³-hybridized carbons (Fsp3) is 0.932. The van der Waals surface area contributed by atoms with Gasteiger partial charge in [0.25, 0.3) is 5.82 Å². The summed E-state index contributed by atoms with van der Waals surface area (Å²) in [7, 11) is 0. The smallest absolute Gasteiger partial charge is 0.234 e. The highest BCUT2D eigenvalue weighted by Crippen LogP contribution is 2.16. The molecule has 0 N–H and O–H groups in total. The topological polar surface area (TPSA) is 8.81 Å². The van der Waals surface area contributed by atoms with Crippen LogP contribution in [0.3, 0.4) is 0 Å². The second kappa shape index (κ2) is 35.5. The number of rotatable bonds is 38. The molecule has 0 aliphatic carbocycles. The molecule has 1 heterocycles. The van der Waals surface area contributed by atoms with Gasteiger partial charge < -0.3 is 0 Å². The summed E-state index contributed by atoms with van der Waals surface area (Å²) >= 11 is 0. The van der Waals surface area contributed by atoms with Crippen LogP contribution in [0, 0.1) is 0 Å². The van der Waals surface area contributed by atoms with Crippen molar-refractivity contribution in [2.75, 3.05) is 0 Å². The second-order valence-corrected chi connectivity index (χ2v) is 15.2. The molecule has 2 heteroatoms. The third-order valence-electron chi connectivity index (χ3n) is 10.6. The monoisotopic (exact) mass is 644 g/mol. The summed E-state index contributed by atoms with van der Waals surface area (Å²) in [5.41, 5.74) is 0. The molecule has 0 amide bonds. The zero-order chi connectivity index (χ0) is 33.0. The van der Waals surface area contributed by atoms with E-state index in [0.29, 0.717) is 0 Å². The van der Waals surface area contributed by atoms with E-state index in [1.54, 1.807) is 5.82 Å². The first kappa shape index (κ1) is 43.2. The van der Waals surface area contributed by atoms with Gasteiger partial charge in [0.2, 0.25) is 0 Å². The summed E-state index contributed by atoms with van der Waals surface area (Å²) < 4.78 is 5.26. The average molecular weight is 644 g/mol. The maximum absolute atomic E-state index is 2.64. The summed E-state index contributed by atoms with van der Waals surface area (Å²) in [4.78, 5) is 0. The van der Waals surface area contributed by atoms with E-state index in [1.807, 2.05) is 0 Å². The molecule has 0 radical (unpaired) electrons. The molecule has 2 nitrogen and oxygen atoms in total. The summed E-state index contributed by atoms with van der Waals surface area (Å²) in [6.07, 6.45) is 56.4. The number of unbranched alkanes of at least 4 members (excludes halogenated alkanes) is 32. The first-order valence-electron chi connectivity index (χ1n) is 21.9. The summed E-state index contributed by atoms with van der Waals surface area (Å²) in [6.45, 7) is 9.40. The predicted octanol–water partition coefficient (Wildman–Crippen LogP) is 15.0. The zero-order valence-corrected chi connectivity index (χ0v) is 32.4. The van der Waals surface area contributed by atoms with Crippen molar-refractivity contribution in [2.24, 2.45) is 0 Å². The Balaban J connectivity index is 2.16. The van der Waals surface area contributed by atoms with E-state index in [4.69, 9.17) is 0 Å². The van der Waals surface area contributed by atoms with Crippen molar-refractivity contribution in [3.63, 3.8) is 0 Å². The molecule has 0 aliphatic heterocycles. The van der Waals surface area contributed by atoms with Gasteiger partial charge in [-0.3, -0.25) is 0 Å². The summed E-state index contributed by atoms with van der Waals surface area (Å²) in [5.74, 6) is 1.62. The van der Waals surface area contributed by atoms with Crippen LogP contribution >= 0.6 is 0 Å². The number of imidazole rings is 1. The van der Waals surface area contributed by atoms with E-state index in [-0.39, 0.29) is 0 Å². The highest BCUT2D eigenvalue weighted by molar-refractivity contribution is 4.84. The van der Waals surface area contributed by atoms with Gasteiger partial charge in [-0.05, 0) is 32.1 Å². The maximum atomic E-state index is 2.64. The lowest BCUT2D eigenvalue weighted by Crippen LogP contribution is -2.37. The van der Waals surface area contributed by atoms with Crippen LogP contribution in [0.15, 0.2) is 12.4 Å². The molecule has 1 aromatic rings. The van der Waals surface area contributed by atoms with Gasteiger partial charge in [-0.1, -0.05) is 213 Å². The molecule has 1 rings (SSSR count). The Morgan fingerprint density at radius 3 is 1.04 bits per heavy atom. The number of nitrogens with zero attached hydrogens (tertiary/aromatic N) is 2. The minimum atomic E-state index is 1.23. The Labute approximate surface area is 291 Å². The lowest BCUT2D eigenvalue weighted by atomic mass is 10.0. The molecule has 0 aliphatic rings. The van der Waals surface area contributed by atoms with E-state index < -0.39 is 0 Å². The first-order valence-corrected chi connectivity index (χ1v) is 21.9. The standard InChI is InChI=1S/C44H87N2/c1-4-7-10-13-15-17-19-21-22-23-24-25-27-29-31-33-36-39-44-45(40-37-34-12-9-6-3)42-43-46(44)41-38-35-32-30-28-26-20-18-16-14-11-8-5-2/h42-43H,4-41H2,1-3H3/q+1. The van der Waals surface area contributed by atoms with Gasteiger partial charge in [0.15, 0.2) is 0 Å². The second-order valence-electron chi connectivity index (χ2n) is 15.2. The fourth-order valence-corrected chi connectivity index (χ4v) is 7.39. The number of hydrogen-bond donors (Lipinski definition) is 0. The first-order chi connectivity index (χ1) is 22.8. The average Bonchev–Trinajstić information content (AvgIpc) is 3.45. The number of aryl methyl sites for hydroxylation is 2. The molecule has 0 saturated carbocycles. The molecular weight excluding hydrogens is 556 g/mol. The van der Waals surface area contributed by atoms with Crippen LogP contribution in [0.5, 0.6) is 0 Å². The Morgan fingerprint density at radius 1 is 0.370 bits per heavy atom. The van der Waals surface area contributed by atoms with Crippen LogP contribution in [0.4, 0.5) is 0 Å². The van der Waals surface area contributed by atoms with Crippen molar-refractivity contribution >= 4 is 0 Å². The highest BCUT2D eigenvalue weighted by atomic mass is 15.1. The lowest BCUT2D eigenvalue weighted by molar-refractivity contribution is -0.704. The molecule has 46 heavy (non-hydrogen) atoms. The Hall–Kier alpha value is -0.790. The predicted molar refractivity (Wildman–Crippen MR) is 207 cm³/mol. The third kappa shape index (κ3) is 27.2. The van der Waals surface area contributed by atoms with Crippen molar-refractivity contribution < 1.29 is 4.57 Å². The Morgan fingerprint density at radius 2 is 0.674 bits per heavy atom. The van der Waals surface area contributed by atoms with Crippen molar-refractivity contribution in [1.82, 2.24) is 4.57 Å². The van der Waals surface area contributed by atoms with E-state index in [1.165, 1.54) is 244 Å². The molecular formula is C44H87N2+. The molecule has 0 aromatic carbocycles. The van der Waals surface area contributed by atoms with Crippen molar-refractivity contribution in [1.29, 1.82) is 0 Å². The van der Waals surface area contributed by atoms with Gasteiger partial charge in [0.05, 0.1) is 13.1 Å². The molecule has 0 unspecified atom stereocenters. The molecule has 0 fully saturated rings. The largest absolute Gasteiger partial charge is 0.256 e. The van der Waals surface area contributed by atoms with Crippen LogP contribution in [-0.2, 0) is 19.5 Å². The van der Waals surface area contributed by atoms with Crippen LogP contribution in [0.2, 0.25) is 0 Å². The SMILES string of the molecule is CCCCCCCCCCCCCCCCCCCc1n(CCCCCCC)cc[n+]1CCCCCCCCCCCCCCC. The van der Waals surface area contributed by atoms with Crippen LogP contribution in [0.1, 0.15) is 251 Å². The maximum Gasteiger partial charge on any atom is 0.256 e. The van der Waals surface area contributed by atoms with Crippen LogP contribution in [0.25, 0.3) is 0 Å². The van der Waals surface area contributed by atoms with Gasteiger partial charge in [0, 0.05) is 6.42 Å². The molecule has 0 spiro atoms. The van der Waals surface area contributed by atoms with Crippen molar-refractivity contribution in [2.45, 2.75) is 265 Å². The van der Waals surface area contributed by atoms with Crippen molar-refractivity contribution in [3.05, 3.63) is 18.2 Å². The van der Waals surface area contributed by atoms with Gasteiger partial charge in [-0.25, -0.2) is 9.13 Å². The Bertz CT molecular complexity index is 707. The van der Waals surface area contributed by atoms with E-state index in [9.17, 15) is 0 Å². The molecule has 0 atom stereocenters. The molecule has 1 aromatic heterocycles. The van der Waals surface area contributed by atoms with Gasteiger partial charge >= 0.3 is 0 Å². The quantitative estimate of drug-likeness (QED) is 0.0501. The lowest BCUT2D eigenvalue weighted by Gasteiger charge is -2.07. The van der Waals surface area contributed by atoms with E-state index in [0.717, 1.165) is 0 Å².